The first kappa shape index (κ1) is 25.4. The van der Waals surface area contributed by atoms with Crippen LogP contribution < -0.4 is 4.74 Å². The van der Waals surface area contributed by atoms with E-state index in [1.165, 1.54) is 4.90 Å². The number of aliphatic hydroxyl groups excluding tert-OH is 2. The van der Waals surface area contributed by atoms with Crippen molar-refractivity contribution in [3.05, 3.63) is 22.2 Å². The Balaban J connectivity index is 2.00. The summed E-state index contributed by atoms with van der Waals surface area (Å²) in [6, 6.07) is 1.76. The van der Waals surface area contributed by atoms with Crippen LogP contribution in [-0.2, 0) is 19.7 Å². The SMILES string of the molecule is O=C(CCC(=O)N1CCC#C[C@H](CO)C(CO)C1)Oc1c(Cl)cc(S(=O)(=O)O)cc1Cl. The van der Waals surface area contributed by atoms with E-state index in [0.717, 1.165) is 12.1 Å². The summed E-state index contributed by atoms with van der Waals surface area (Å²) in [6.45, 7) is 0.0378. The van der Waals surface area contributed by atoms with Gasteiger partial charge >= 0.3 is 5.97 Å². The summed E-state index contributed by atoms with van der Waals surface area (Å²) in [7, 11) is -4.55. The zero-order valence-corrected chi connectivity index (χ0v) is 18.6. The summed E-state index contributed by atoms with van der Waals surface area (Å²) in [5.41, 5.74) is 0. The second-order valence-corrected chi connectivity index (χ2v) is 9.04. The van der Waals surface area contributed by atoms with Crippen LogP contribution in [0.5, 0.6) is 5.75 Å². The van der Waals surface area contributed by atoms with Crippen molar-refractivity contribution in [3.63, 3.8) is 0 Å². The summed E-state index contributed by atoms with van der Waals surface area (Å²) in [5.74, 6) is 3.43. The molecule has 0 spiro atoms. The number of amides is 1. The number of hydrogen-bond acceptors (Lipinski definition) is 7. The first-order valence-corrected chi connectivity index (χ1v) is 11.4. The van der Waals surface area contributed by atoms with Crippen LogP contribution in [0.15, 0.2) is 17.0 Å². The molecule has 1 amide bonds. The number of halogens is 2. The first-order chi connectivity index (χ1) is 14.6. The standard InChI is InChI=1S/C19H21Cl2NO8S/c20-15-7-14(31(27,28)29)8-16(21)19(15)30-18(26)5-4-17(25)22-6-2-1-3-12(10-23)13(9-22)11-24/h7-8,12-13,23-24H,2,4-6,9-11H2,(H,27,28,29)/t12-,13?/m1/s1. The van der Waals surface area contributed by atoms with Gasteiger partial charge in [0.05, 0.1) is 33.9 Å². The molecule has 1 aliphatic heterocycles. The van der Waals surface area contributed by atoms with Gasteiger partial charge in [-0.15, -0.1) is 5.92 Å². The number of benzene rings is 1. The maximum Gasteiger partial charge on any atom is 0.311 e. The molecule has 1 unspecified atom stereocenters. The van der Waals surface area contributed by atoms with Gasteiger partial charge in [-0.2, -0.15) is 8.42 Å². The lowest BCUT2D eigenvalue weighted by Crippen LogP contribution is -2.41. The summed E-state index contributed by atoms with van der Waals surface area (Å²) in [4.78, 5) is 25.6. The van der Waals surface area contributed by atoms with Crippen molar-refractivity contribution in [1.29, 1.82) is 0 Å². The van der Waals surface area contributed by atoms with Crippen LogP contribution in [0.4, 0.5) is 0 Å². The highest BCUT2D eigenvalue weighted by atomic mass is 35.5. The highest BCUT2D eigenvalue weighted by molar-refractivity contribution is 7.85. The Morgan fingerprint density at radius 1 is 1.16 bits per heavy atom. The maximum absolute atomic E-state index is 12.5. The van der Waals surface area contributed by atoms with Gasteiger partial charge in [0.1, 0.15) is 0 Å². The third kappa shape index (κ3) is 7.07. The summed E-state index contributed by atoms with van der Waals surface area (Å²) in [6.07, 6.45) is -0.0936. The molecule has 0 bridgehead atoms. The average molecular weight is 494 g/mol. The molecule has 0 aliphatic carbocycles. The molecule has 0 aromatic heterocycles. The highest BCUT2D eigenvalue weighted by Crippen LogP contribution is 2.35. The van der Waals surface area contributed by atoms with Gasteiger partial charge in [0.2, 0.25) is 5.91 Å². The topological polar surface area (TPSA) is 141 Å². The molecule has 0 fully saturated rings. The Labute approximate surface area is 189 Å². The molecule has 170 valence electrons. The third-order valence-corrected chi connectivity index (χ3v) is 6.02. The van der Waals surface area contributed by atoms with E-state index in [4.69, 9.17) is 32.5 Å². The van der Waals surface area contributed by atoms with Crippen molar-refractivity contribution in [2.24, 2.45) is 11.8 Å². The highest BCUT2D eigenvalue weighted by Gasteiger charge is 2.26. The molecule has 2 atom stereocenters. The smallest absolute Gasteiger partial charge is 0.311 e. The fraction of sp³-hybridized carbons (Fsp3) is 0.474. The summed E-state index contributed by atoms with van der Waals surface area (Å²) in [5, 5.41) is 18.3. The average Bonchev–Trinajstić information content (AvgIpc) is 2.68. The van der Waals surface area contributed by atoms with E-state index in [9.17, 15) is 28.2 Å². The third-order valence-electron chi connectivity index (χ3n) is 4.63. The number of rotatable bonds is 7. The number of carbonyl (C=O) groups is 2. The van der Waals surface area contributed by atoms with E-state index >= 15 is 0 Å². The molecule has 9 nitrogen and oxygen atoms in total. The van der Waals surface area contributed by atoms with Crippen molar-refractivity contribution in [1.82, 2.24) is 4.90 Å². The van der Waals surface area contributed by atoms with Crippen LogP contribution in [0.3, 0.4) is 0 Å². The van der Waals surface area contributed by atoms with E-state index in [1.807, 2.05) is 0 Å². The van der Waals surface area contributed by atoms with Crippen molar-refractivity contribution in [3.8, 4) is 17.6 Å². The molecular weight excluding hydrogens is 473 g/mol. The normalized spacial score (nSPS) is 19.1. The molecule has 12 heteroatoms. The monoisotopic (exact) mass is 493 g/mol. The maximum atomic E-state index is 12.5. The molecule has 1 aromatic carbocycles. The lowest BCUT2D eigenvalue weighted by molar-refractivity contribution is -0.139. The van der Waals surface area contributed by atoms with Crippen LogP contribution in [-0.4, -0.2) is 66.3 Å². The number of esters is 1. The van der Waals surface area contributed by atoms with E-state index in [-0.39, 0.29) is 54.3 Å². The quantitative estimate of drug-likeness (QED) is 0.224. The molecule has 0 saturated carbocycles. The van der Waals surface area contributed by atoms with E-state index < -0.39 is 32.8 Å². The Hall–Kier alpha value is -1.87. The van der Waals surface area contributed by atoms with Gasteiger partial charge < -0.3 is 19.8 Å². The van der Waals surface area contributed by atoms with Gasteiger partial charge in [-0.05, 0) is 12.1 Å². The number of nitrogens with zero attached hydrogens (tertiary/aromatic N) is 1. The molecule has 31 heavy (non-hydrogen) atoms. The summed E-state index contributed by atoms with van der Waals surface area (Å²) >= 11 is 11.8. The van der Waals surface area contributed by atoms with Gasteiger partial charge in [-0.25, -0.2) is 0 Å². The van der Waals surface area contributed by atoms with Crippen LogP contribution in [0.1, 0.15) is 19.3 Å². The number of carbonyl (C=O) groups excluding carboxylic acids is 2. The van der Waals surface area contributed by atoms with Crippen LogP contribution in [0.25, 0.3) is 0 Å². The van der Waals surface area contributed by atoms with Gasteiger partial charge in [-0.3, -0.25) is 14.1 Å². The van der Waals surface area contributed by atoms with Crippen molar-refractivity contribution >= 4 is 45.2 Å². The minimum atomic E-state index is -4.55. The lowest BCUT2D eigenvalue weighted by atomic mass is 9.92. The zero-order valence-electron chi connectivity index (χ0n) is 16.3. The molecule has 2 rings (SSSR count). The fourth-order valence-electron chi connectivity index (χ4n) is 2.93. The first-order valence-electron chi connectivity index (χ1n) is 9.22. The Kier molecular flexibility index (Phi) is 9.12. The van der Waals surface area contributed by atoms with Crippen LogP contribution >= 0.6 is 23.2 Å². The molecular formula is C19H21Cl2NO8S. The van der Waals surface area contributed by atoms with E-state index in [2.05, 4.69) is 11.8 Å². The molecule has 1 aromatic rings. The predicted octanol–water partition coefficient (Wildman–Crippen LogP) is 1.38. The van der Waals surface area contributed by atoms with Crippen LogP contribution in [0, 0.1) is 23.7 Å². The minimum Gasteiger partial charge on any atom is -0.423 e. The van der Waals surface area contributed by atoms with Crippen molar-refractivity contribution in [2.45, 2.75) is 24.2 Å². The Morgan fingerprint density at radius 3 is 2.35 bits per heavy atom. The Morgan fingerprint density at radius 2 is 1.81 bits per heavy atom. The van der Waals surface area contributed by atoms with Crippen LogP contribution in [0.2, 0.25) is 10.0 Å². The molecule has 3 N–H and O–H groups in total. The van der Waals surface area contributed by atoms with Gasteiger partial charge in [0.25, 0.3) is 10.1 Å². The molecule has 1 heterocycles. The van der Waals surface area contributed by atoms with Crippen molar-refractivity contribution in [2.75, 3.05) is 26.3 Å². The van der Waals surface area contributed by atoms with Gasteiger partial charge in [-0.1, -0.05) is 29.1 Å². The molecule has 1 aliphatic rings. The largest absolute Gasteiger partial charge is 0.423 e. The Bertz CT molecular complexity index is 979. The molecule has 0 saturated heterocycles. The number of aliphatic hydroxyl groups is 2. The second kappa shape index (κ2) is 11.1. The predicted molar refractivity (Wildman–Crippen MR) is 111 cm³/mol. The van der Waals surface area contributed by atoms with Gasteiger partial charge in [0, 0.05) is 38.5 Å². The zero-order chi connectivity index (χ0) is 23.2. The van der Waals surface area contributed by atoms with Gasteiger partial charge in [0.15, 0.2) is 5.75 Å². The number of ether oxygens (including phenoxy) is 1. The lowest BCUT2D eigenvalue weighted by Gasteiger charge is -2.30. The van der Waals surface area contributed by atoms with Crippen molar-refractivity contribution < 1.29 is 37.5 Å². The summed E-state index contributed by atoms with van der Waals surface area (Å²) < 4.78 is 36.5. The fourth-order valence-corrected chi connectivity index (χ4v) is 4.16. The minimum absolute atomic E-state index is 0.188. The number of hydrogen-bond donors (Lipinski definition) is 3. The van der Waals surface area contributed by atoms with E-state index in [1.54, 1.807) is 0 Å². The van der Waals surface area contributed by atoms with E-state index in [0.29, 0.717) is 13.0 Å². The second-order valence-electron chi connectivity index (χ2n) is 6.81. The molecule has 0 radical (unpaired) electrons.